The SMILES string of the molecule is CC(=O)O[C@@H](CO[C@H]1C[C@@H]2CC[C@@]1(C)C2(C)C)C[N+]1(C)CCCCC1. The van der Waals surface area contributed by atoms with Crippen LogP contribution >= 0.6 is 0 Å². The zero-order valence-corrected chi connectivity index (χ0v) is 17.0. The Morgan fingerprint density at radius 2 is 1.88 bits per heavy atom. The molecule has 0 aromatic carbocycles. The van der Waals surface area contributed by atoms with Crippen molar-refractivity contribution in [3.05, 3.63) is 0 Å². The maximum absolute atomic E-state index is 11.6. The Balaban J connectivity index is 1.61. The van der Waals surface area contributed by atoms with Crippen molar-refractivity contribution in [1.29, 1.82) is 0 Å². The fraction of sp³-hybridized carbons (Fsp3) is 0.952. The maximum atomic E-state index is 11.6. The Morgan fingerprint density at radius 1 is 1.20 bits per heavy atom. The molecule has 4 atom stereocenters. The summed E-state index contributed by atoms with van der Waals surface area (Å²) in [5, 5.41) is 0. The molecule has 144 valence electrons. The average Bonchev–Trinajstić information content (AvgIpc) is 2.85. The van der Waals surface area contributed by atoms with Gasteiger partial charge < -0.3 is 14.0 Å². The Morgan fingerprint density at radius 3 is 2.40 bits per heavy atom. The third-order valence-electron chi connectivity index (χ3n) is 8.07. The van der Waals surface area contributed by atoms with Crippen LogP contribution in [0, 0.1) is 16.7 Å². The first-order valence-corrected chi connectivity index (χ1v) is 10.3. The molecule has 25 heavy (non-hydrogen) atoms. The van der Waals surface area contributed by atoms with Crippen LogP contribution < -0.4 is 0 Å². The molecule has 3 aliphatic rings. The summed E-state index contributed by atoms with van der Waals surface area (Å²) in [5.41, 5.74) is 0.627. The van der Waals surface area contributed by atoms with Crippen molar-refractivity contribution in [2.24, 2.45) is 16.7 Å². The third-order valence-corrected chi connectivity index (χ3v) is 8.07. The van der Waals surface area contributed by atoms with E-state index in [1.807, 2.05) is 0 Å². The molecular formula is C21H38NO3+. The lowest BCUT2D eigenvalue weighted by molar-refractivity contribution is -0.916. The van der Waals surface area contributed by atoms with Gasteiger partial charge in [-0.05, 0) is 55.3 Å². The van der Waals surface area contributed by atoms with E-state index in [0.717, 1.165) is 16.9 Å². The number of rotatable bonds is 6. The Bertz CT molecular complexity index is 497. The molecule has 0 amide bonds. The van der Waals surface area contributed by atoms with E-state index in [0.29, 0.717) is 18.1 Å². The summed E-state index contributed by atoms with van der Waals surface area (Å²) in [6.45, 7) is 12.6. The van der Waals surface area contributed by atoms with Gasteiger partial charge in [0.15, 0.2) is 6.10 Å². The van der Waals surface area contributed by atoms with E-state index in [1.54, 1.807) is 0 Å². The zero-order chi connectivity index (χ0) is 18.3. The van der Waals surface area contributed by atoms with Crippen molar-refractivity contribution in [2.75, 3.05) is 33.3 Å². The normalized spacial score (nSPS) is 37.0. The van der Waals surface area contributed by atoms with Crippen LogP contribution in [0.3, 0.4) is 0 Å². The molecule has 1 aliphatic heterocycles. The summed E-state index contributed by atoms with van der Waals surface area (Å²) >= 11 is 0. The highest BCUT2D eigenvalue weighted by molar-refractivity contribution is 5.66. The van der Waals surface area contributed by atoms with Gasteiger partial charge in [-0.1, -0.05) is 20.8 Å². The zero-order valence-electron chi connectivity index (χ0n) is 17.0. The molecule has 0 N–H and O–H groups in total. The predicted octanol–water partition coefficient (Wildman–Crippen LogP) is 3.78. The van der Waals surface area contributed by atoms with E-state index >= 15 is 0 Å². The first-order valence-electron chi connectivity index (χ1n) is 10.3. The third kappa shape index (κ3) is 3.62. The molecule has 0 aromatic rings. The molecule has 1 heterocycles. The van der Waals surface area contributed by atoms with Crippen LogP contribution in [0.1, 0.15) is 66.2 Å². The summed E-state index contributed by atoms with van der Waals surface area (Å²) in [5.74, 6) is 0.595. The van der Waals surface area contributed by atoms with E-state index in [9.17, 15) is 4.79 Å². The van der Waals surface area contributed by atoms with Crippen molar-refractivity contribution in [3.63, 3.8) is 0 Å². The standard InChI is InChI=1S/C21H38NO3/c1-16(23)25-18(14-22(5)11-7-6-8-12-22)15-24-19-13-17-9-10-21(19,4)20(17,2)3/h17-19H,6-15H2,1-5H3/q+1/t17-,18+,19-,21+/m0/s1. The number of carbonyl (C=O) groups excluding carboxylic acids is 1. The van der Waals surface area contributed by atoms with Gasteiger partial charge in [0, 0.05) is 6.92 Å². The number of carbonyl (C=O) groups is 1. The average molecular weight is 353 g/mol. The molecule has 0 spiro atoms. The summed E-state index contributed by atoms with van der Waals surface area (Å²) in [7, 11) is 2.30. The van der Waals surface area contributed by atoms with Gasteiger partial charge in [0.1, 0.15) is 6.54 Å². The number of ether oxygens (including phenoxy) is 2. The van der Waals surface area contributed by atoms with Crippen molar-refractivity contribution < 1.29 is 18.8 Å². The lowest BCUT2D eigenvalue weighted by Gasteiger charge is -2.41. The number of likely N-dealkylation sites (tertiary alicyclic amines) is 1. The number of hydrogen-bond donors (Lipinski definition) is 0. The number of nitrogens with zero attached hydrogens (tertiary/aromatic N) is 1. The van der Waals surface area contributed by atoms with Gasteiger partial charge in [0.2, 0.25) is 0 Å². The Labute approximate surface area is 153 Å². The second-order valence-corrected chi connectivity index (χ2v) is 9.97. The minimum atomic E-state index is -0.184. The number of esters is 1. The molecule has 0 unspecified atom stereocenters. The quantitative estimate of drug-likeness (QED) is 0.539. The molecule has 3 fully saturated rings. The van der Waals surface area contributed by atoms with Crippen LogP contribution in [0.25, 0.3) is 0 Å². The second kappa shape index (κ2) is 6.84. The van der Waals surface area contributed by atoms with Gasteiger partial charge in [-0.3, -0.25) is 4.79 Å². The first-order chi connectivity index (χ1) is 11.7. The Kier molecular flexibility index (Phi) is 5.25. The summed E-state index contributed by atoms with van der Waals surface area (Å²) in [6, 6.07) is 0. The van der Waals surface area contributed by atoms with E-state index in [-0.39, 0.29) is 17.5 Å². The highest BCUT2D eigenvalue weighted by Gasteiger charge is 2.62. The predicted molar refractivity (Wildman–Crippen MR) is 99.2 cm³/mol. The van der Waals surface area contributed by atoms with Crippen LogP contribution in [0.2, 0.25) is 0 Å². The molecular weight excluding hydrogens is 314 g/mol. The second-order valence-electron chi connectivity index (χ2n) is 9.97. The number of quaternary nitrogens is 1. The van der Waals surface area contributed by atoms with E-state index in [4.69, 9.17) is 9.47 Å². The first kappa shape index (κ1) is 19.2. The number of piperidine rings is 1. The summed E-state index contributed by atoms with van der Waals surface area (Å²) in [4.78, 5) is 11.6. The van der Waals surface area contributed by atoms with Gasteiger partial charge >= 0.3 is 5.97 Å². The van der Waals surface area contributed by atoms with Crippen molar-refractivity contribution in [1.82, 2.24) is 0 Å². The number of likely N-dealkylation sites (N-methyl/N-ethyl adjacent to an activating group) is 1. The Hall–Kier alpha value is -0.610. The largest absolute Gasteiger partial charge is 0.454 e. The van der Waals surface area contributed by atoms with Gasteiger partial charge in [-0.15, -0.1) is 0 Å². The van der Waals surface area contributed by atoms with E-state index < -0.39 is 0 Å². The van der Waals surface area contributed by atoms with E-state index in [1.165, 1.54) is 58.5 Å². The molecule has 1 saturated heterocycles. The fourth-order valence-corrected chi connectivity index (χ4v) is 5.91. The molecule has 4 nitrogen and oxygen atoms in total. The van der Waals surface area contributed by atoms with Crippen LogP contribution in [0.5, 0.6) is 0 Å². The topological polar surface area (TPSA) is 35.5 Å². The van der Waals surface area contributed by atoms with Crippen LogP contribution in [-0.4, -0.2) is 55.9 Å². The minimum absolute atomic E-state index is 0.119. The fourth-order valence-electron chi connectivity index (χ4n) is 5.91. The molecule has 2 saturated carbocycles. The van der Waals surface area contributed by atoms with Crippen molar-refractivity contribution in [3.8, 4) is 0 Å². The molecule has 0 radical (unpaired) electrons. The summed E-state index contributed by atoms with van der Waals surface area (Å²) in [6.07, 6.45) is 7.86. The lowest BCUT2D eigenvalue weighted by atomic mass is 9.70. The van der Waals surface area contributed by atoms with Crippen LogP contribution in [0.4, 0.5) is 0 Å². The number of hydrogen-bond acceptors (Lipinski definition) is 3. The molecule has 4 heteroatoms. The van der Waals surface area contributed by atoms with E-state index in [2.05, 4.69) is 27.8 Å². The van der Waals surface area contributed by atoms with Crippen molar-refractivity contribution in [2.45, 2.75) is 78.4 Å². The highest BCUT2D eigenvalue weighted by atomic mass is 16.6. The van der Waals surface area contributed by atoms with Gasteiger partial charge in [0.25, 0.3) is 0 Å². The van der Waals surface area contributed by atoms with Crippen LogP contribution in [0.15, 0.2) is 0 Å². The maximum Gasteiger partial charge on any atom is 0.303 e. The molecule has 2 aliphatic carbocycles. The number of fused-ring (bicyclic) bond motifs is 2. The molecule has 3 rings (SSSR count). The highest BCUT2D eigenvalue weighted by Crippen LogP contribution is 2.66. The lowest BCUT2D eigenvalue weighted by Crippen LogP contribution is -2.53. The smallest absolute Gasteiger partial charge is 0.303 e. The molecule has 0 aromatic heterocycles. The summed E-state index contributed by atoms with van der Waals surface area (Å²) < 4.78 is 13.1. The van der Waals surface area contributed by atoms with Crippen molar-refractivity contribution >= 4 is 5.97 Å². The molecule has 2 bridgehead atoms. The van der Waals surface area contributed by atoms with Crippen LogP contribution in [-0.2, 0) is 14.3 Å². The van der Waals surface area contributed by atoms with Gasteiger partial charge in [-0.25, -0.2) is 0 Å². The minimum Gasteiger partial charge on any atom is -0.454 e. The van der Waals surface area contributed by atoms with Gasteiger partial charge in [0.05, 0.1) is 32.8 Å². The monoisotopic (exact) mass is 352 g/mol. The van der Waals surface area contributed by atoms with Gasteiger partial charge in [-0.2, -0.15) is 0 Å².